The van der Waals surface area contributed by atoms with E-state index in [1.54, 1.807) is 0 Å². The highest BCUT2D eigenvalue weighted by Gasteiger charge is 2.15. The summed E-state index contributed by atoms with van der Waals surface area (Å²) in [6.07, 6.45) is 1.02. The fourth-order valence-electron chi connectivity index (χ4n) is 1.07. The zero-order valence-electron chi connectivity index (χ0n) is 10.1. The van der Waals surface area contributed by atoms with Crippen LogP contribution in [-0.4, -0.2) is 38.0 Å². The van der Waals surface area contributed by atoms with Gasteiger partial charge in [0.25, 0.3) is 0 Å². The largest absolute Gasteiger partial charge is 0.356 e. The van der Waals surface area contributed by atoms with Crippen LogP contribution in [0.4, 0.5) is 0 Å². The Morgan fingerprint density at radius 1 is 1.29 bits per heavy atom. The van der Waals surface area contributed by atoms with E-state index in [2.05, 4.69) is 24.1 Å². The Bertz CT molecular complexity index is 167. The van der Waals surface area contributed by atoms with Gasteiger partial charge in [-0.25, -0.2) is 0 Å². The molecule has 0 radical (unpaired) electrons. The van der Waals surface area contributed by atoms with Crippen LogP contribution in [-0.2, 0) is 4.79 Å². The molecule has 0 spiro atoms. The molecule has 1 atom stereocenters. The van der Waals surface area contributed by atoms with Gasteiger partial charge in [0.15, 0.2) is 0 Å². The highest BCUT2D eigenvalue weighted by Crippen LogP contribution is 2.08. The van der Waals surface area contributed by atoms with Crippen LogP contribution in [0.5, 0.6) is 0 Å². The van der Waals surface area contributed by atoms with Gasteiger partial charge in [0.05, 0.1) is 0 Å². The van der Waals surface area contributed by atoms with E-state index in [1.165, 1.54) is 0 Å². The first-order valence-corrected chi connectivity index (χ1v) is 5.37. The lowest BCUT2D eigenvalue weighted by Crippen LogP contribution is -2.33. The van der Waals surface area contributed by atoms with Crippen LogP contribution in [0.1, 0.15) is 27.2 Å². The van der Waals surface area contributed by atoms with Gasteiger partial charge in [-0.2, -0.15) is 0 Å². The number of amides is 1. The second-order valence-electron chi connectivity index (χ2n) is 4.48. The zero-order chi connectivity index (χ0) is 11.1. The number of hydrogen-bond donors (Lipinski definition) is 1. The fraction of sp³-hybridized carbons (Fsp3) is 0.909. The average Bonchev–Trinajstić information content (AvgIpc) is 2.10. The Kier molecular flexibility index (Phi) is 6.54. The number of nitrogens with one attached hydrogen (secondary N) is 1. The van der Waals surface area contributed by atoms with Crippen molar-refractivity contribution in [2.75, 3.05) is 27.2 Å². The number of nitrogens with zero attached hydrogens (tertiary/aromatic N) is 1. The summed E-state index contributed by atoms with van der Waals surface area (Å²) in [5.41, 5.74) is 0. The van der Waals surface area contributed by atoms with Gasteiger partial charge in [0.1, 0.15) is 0 Å². The van der Waals surface area contributed by atoms with Crippen molar-refractivity contribution in [1.82, 2.24) is 10.2 Å². The number of carbonyl (C=O) groups is 1. The first-order chi connectivity index (χ1) is 6.45. The quantitative estimate of drug-likeness (QED) is 0.656. The van der Waals surface area contributed by atoms with E-state index < -0.39 is 0 Å². The molecule has 3 nitrogen and oxygen atoms in total. The van der Waals surface area contributed by atoms with Crippen molar-refractivity contribution in [2.45, 2.75) is 27.2 Å². The summed E-state index contributed by atoms with van der Waals surface area (Å²) in [5, 5.41) is 2.95. The molecule has 14 heavy (non-hydrogen) atoms. The predicted octanol–water partition coefficient (Wildman–Crippen LogP) is 1.35. The molecule has 1 unspecified atom stereocenters. The third kappa shape index (κ3) is 5.97. The third-order valence-corrected chi connectivity index (χ3v) is 2.49. The summed E-state index contributed by atoms with van der Waals surface area (Å²) in [6, 6.07) is 0. The molecule has 0 aliphatic carbocycles. The predicted molar refractivity (Wildman–Crippen MR) is 60.2 cm³/mol. The van der Waals surface area contributed by atoms with Gasteiger partial charge in [-0.1, -0.05) is 20.8 Å². The van der Waals surface area contributed by atoms with Crippen molar-refractivity contribution in [3.05, 3.63) is 0 Å². The lowest BCUT2D eigenvalue weighted by Gasteiger charge is -2.16. The second-order valence-corrected chi connectivity index (χ2v) is 4.48. The summed E-state index contributed by atoms with van der Waals surface area (Å²) < 4.78 is 0. The maximum absolute atomic E-state index is 11.5. The monoisotopic (exact) mass is 200 g/mol. The first kappa shape index (κ1) is 13.4. The summed E-state index contributed by atoms with van der Waals surface area (Å²) in [4.78, 5) is 13.6. The fourth-order valence-corrected chi connectivity index (χ4v) is 1.07. The molecule has 0 heterocycles. The van der Waals surface area contributed by atoms with E-state index in [1.807, 2.05) is 21.0 Å². The Morgan fingerprint density at radius 2 is 1.86 bits per heavy atom. The Labute approximate surface area is 87.9 Å². The topological polar surface area (TPSA) is 32.3 Å². The number of carbonyl (C=O) groups excluding carboxylic acids is 1. The van der Waals surface area contributed by atoms with E-state index in [9.17, 15) is 4.79 Å². The minimum Gasteiger partial charge on any atom is -0.356 e. The third-order valence-electron chi connectivity index (χ3n) is 2.49. The molecule has 0 rings (SSSR count). The highest BCUT2D eigenvalue weighted by molar-refractivity contribution is 5.78. The molecule has 0 aromatic carbocycles. The smallest absolute Gasteiger partial charge is 0.223 e. The molecule has 3 heteroatoms. The van der Waals surface area contributed by atoms with Crippen LogP contribution in [0.25, 0.3) is 0 Å². The molecule has 1 amide bonds. The SMILES string of the molecule is CC(C)C(C)C(=O)NCCCN(C)C. The standard InChI is InChI=1S/C11H24N2O/c1-9(2)10(3)11(14)12-7-6-8-13(4)5/h9-10H,6-8H2,1-5H3,(H,12,14). The van der Waals surface area contributed by atoms with E-state index in [-0.39, 0.29) is 11.8 Å². The van der Waals surface area contributed by atoms with Crippen molar-refractivity contribution < 1.29 is 4.79 Å². The molecule has 0 bridgehead atoms. The molecule has 0 fully saturated rings. The molecule has 0 aromatic heterocycles. The van der Waals surface area contributed by atoms with Crippen molar-refractivity contribution in [1.29, 1.82) is 0 Å². The molecule has 1 N–H and O–H groups in total. The maximum Gasteiger partial charge on any atom is 0.223 e. The lowest BCUT2D eigenvalue weighted by molar-refractivity contribution is -0.125. The number of rotatable bonds is 6. The zero-order valence-corrected chi connectivity index (χ0v) is 10.1. The van der Waals surface area contributed by atoms with E-state index >= 15 is 0 Å². The molecule has 0 saturated carbocycles. The van der Waals surface area contributed by atoms with Gasteiger partial charge < -0.3 is 10.2 Å². The van der Waals surface area contributed by atoms with Crippen LogP contribution >= 0.6 is 0 Å². The Hall–Kier alpha value is -0.570. The average molecular weight is 200 g/mol. The van der Waals surface area contributed by atoms with Crippen LogP contribution in [0.3, 0.4) is 0 Å². The first-order valence-electron chi connectivity index (χ1n) is 5.37. The summed E-state index contributed by atoms with van der Waals surface area (Å²) in [5.74, 6) is 0.719. The molecular weight excluding hydrogens is 176 g/mol. The van der Waals surface area contributed by atoms with E-state index in [0.717, 1.165) is 19.5 Å². The van der Waals surface area contributed by atoms with Crippen molar-refractivity contribution in [3.63, 3.8) is 0 Å². The second kappa shape index (κ2) is 6.82. The minimum absolute atomic E-state index is 0.120. The van der Waals surface area contributed by atoms with Gasteiger partial charge >= 0.3 is 0 Å². The van der Waals surface area contributed by atoms with Gasteiger partial charge in [0, 0.05) is 12.5 Å². The van der Waals surface area contributed by atoms with E-state index in [0.29, 0.717) is 5.92 Å². The van der Waals surface area contributed by atoms with Gasteiger partial charge in [-0.05, 0) is 33.0 Å². The van der Waals surface area contributed by atoms with E-state index in [4.69, 9.17) is 0 Å². The van der Waals surface area contributed by atoms with Crippen molar-refractivity contribution in [3.8, 4) is 0 Å². The highest BCUT2D eigenvalue weighted by atomic mass is 16.1. The molecular formula is C11H24N2O. The lowest BCUT2D eigenvalue weighted by atomic mass is 9.97. The van der Waals surface area contributed by atoms with Crippen molar-refractivity contribution in [2.24, 2.45) is 11.8 Å². The van der Waals surface area contributed by atoms with Crippen molar-refractivity contribution >= 4 is 5.91 Å². The molecule has 84 valence electrons. The molecule has 0 aromatic rings. The van der Waals surface area contributed by atoms with Gasteiger partial charge in [0.2, 0.25) is 5.91 Å². The minimum atomic E-state index is 0.120. The summed E-state index contributed by atoms with van der Waals surface area (Å²) in [6.45, 7) is 7.94. The Balaban J connectivity index is 3.54. The van der Waals surface area contributed by atoms with Gasteiger partial charge in [-0.15, -0.1) is 0 Å². The van der Waals surface area contributed by atoms with Crippen LogP contribution in [0.2, 0.25) is 0 Å². The normalized spacial score (nSPS) is 13.4. The summed E-state index contributed by atoms with van der Waals surface area (Å²) >= 11 is 0. The van der Waals surface area contributed by atoms with Crippen LogP contribution in [0.15, 0.2) is 0 Å². The summed E-state index contributed by atoms with van der Waals surface area (Å²) in [7, 11) is 4.08. The van der Waals surface area contributed by atoms with Crippen LogP contribution in [0, 0.1) is 11.8 Å². The molecule has 0 aliphatic rings. The Morgan fingerprint density at radius 3 is 2.29 bits per heavy atom. The maximum atomic E-state index is 11.5. The van der Waals surface area contributed by atoms with Crippen LogP contribution < -0.4 is 5.32 Å². The molecule has 0 aliphatic heterocycles. The molecule has 0 saturated heterocycles. The van der Waals surface area contributed by atoms with Gasteiger partial charge in [-0.3, -0.25) is 4.79 Å². The number of hydrogen-bond acceptors (Lipinski definition) is 2.